The quantitative estimate of drug-likeness (QED) is 0.860. The molecule has 0 atom stereocenters. The predicted octanol–water partition coefficient (Wildman–Crippen LogP) is 2.60. The van der Waals surface area contributed by atoms with Crippen LogP contribution in [0.2, 0.25) is 5.28 Å². The number of nitrogens with zero attached hydrogens (tertiary/aromatic N) is 3. The molecule has 0 bridgehead atoms. The summed E-state index contributed by atoms with van der Waals surface area (Å²) in [4.78, 5) is 11.0. The molecule has 1 aromatic carbocycles. The molecule has 8 heteroatoms. The van der Waals surface area contributed by atoms with Gasteiger partial charge in [-0.3, -0.25) is 0 Å². The number of benzene rings is 1. The van der Waals surface area contributed by atoms with Gasteiger partial charge in [-0.2, -0.15) is 9.97 Å². The fraction of sp³-hybridized carbons (Fsp3) is 0.100. The first kappa shape index (κ1) is 12.4. The molecule has 94 valence electrons. The summed E-state index contributed by atoms with van der Waals surface area (Å²) in [6.45, 7) is 0. The number of ether oxygens (including phenoxy) is 2. The van der Waals surface area contributed by atoms with Gasteiger partial charge >= 0.3 is 12.0 Å². The second kappa shape index (κ2) is 5.09. The molecule has 0 saturated carbocycles. The highest BCUT2D eigenvalue weighted by molar-refractivity contribution is 6.28. The van der Waals surface area contributed by atoms with E-state index < -0.39 is 11.6 Å². The van der Waals surface area contributed by atoms with Crippen LogP contribution < -0.4 is 9.47 Å². The number of hydrogen-bond donors (Lipinski definition) is 0. The lowest BCUT2D eigenvalue weighted by Gasteiger charge is -2.05. The van der Waals surface area contributed by atoms with E-state index >= 15 is 0 Å². The molecule has 0 spiro atoms. The summed E-state index contributed by atoms with van der Waals surface area (Å²) < 4.78 is 35.7. The summed E-state index contributed by atoms with van der Waals surface area (Å²) in [5.41, 5.74) is 0. The van der Waals surface area contributed by atoms with Crippen molar-refractivity contribution in [1.82, 2.24) is 15.0 Å². The van der Waals surface area contributed by atoms with E-state index in [0.717, 1.165) is 12.1 Å². The fourth-order valence-electron chi connectivity index (χ4n) is 1.14. The Morgan fingerprint density at radius 3 is 2.22 bits per heavy atom. The van der Waals surface area contributed by atoms with Crippen LogP contribution in [0.25, 0.3) is 0 Å². The minimum absolute atomic E-state index is 0.0677. The molecule has 5 nitrogen and oxygen atoms in total. The summed E-state index contributed by atoms with van der Waals surface area (Å²) >= 11 is 5.59. The van der Waals surface area contributed by atoms with Crippen molar-refractivity contribution in [2.75, 3.05) is 7.11 Å². The van der Waals surface area contributed by atoms with Crippen molar-refractivity contribution < 1.29 is 18.3 Å². The Kier molecular flexibility index (Phi) is 3.52. The number of aromatic nitrogens is 3. The first-order valence-corrected chi connectivity index (χ1v) is 5.04. The van der Waals surface area contributed by atoms with Crippen LogP contribution >= 0.6 is 11.6 Å². The van der Waals surface area contributed by atoms with E-state index in [2.05, 4.69) is 15.0 Å². The van der Waals surface area contributed by atoms with Crippen LogP contribution in [0.15, 0.2) is 18.2 Å². The molecule has 18 heavy (non-hydrogen) atoms. The molecule has 0 unspecified atom stereocenters. The third-order valence-electron chi connectivity index (χ3n) is 1.79. The summed E-state index contributed by atoms with van der Waals surface area (Å²) in [6.07, 6.45) is 0. The lowest BCUT2D eigenvalue weighted by atomic mass is 10.3. The van der Waals surface area contributed by atoms with Crippen molar-refractivity contribution >= 4 is 11.6 Å². The van der Waals surface area contributed by atoms with Gasteiger partial charge in [0.25, 0.3) is 0 Å². The smallest absolute Gasteiger partial charge is 0.329 e. The van der Waals surface area contributed by atoms with Crippen molar-refractivity contribution in [3.63, 3.8) is 0 Å². The standard InChI is InChI=1S/C10H6ClF2N3O2/c1-17-9-14-8(11)15-10(16-9)18-7-3-5(12)2-6(13)4-7/h2-4H,1H3. The predicted molar refractivity (Wildman–Crippen MR) is 57.8 cm³/mol. The Labute approximate surface area is 105 Å². The third kappa shape index (κ3) is 3.01. The maximum Gasteiger partial charge on any atom is 0.329 e. The molecule has 2 rings (SSSR count). The number of halogens is 3. The summed E-state index contributed by atoms with van der Waals surface area (Å²) in [6, 6.07) is 2.38. The van der Waals surface area contributed by atoms with Gasteiger partial charge in [-0.1, -0.05) is 0 Å². The third-order valence-corrected chi connectivity index (χ3v) is 1.96. The van der Waals surface area contributed by atoms with E-state index in [9.17, 15) is 8.78 Å². The summed E-state index contributed by atoms with van der Waals surface area (Å²) in [7, 11) is 1.33. The van der Waals surface area contributed by atoms with Crippen molar-refractivity contribution in [2.24, 2.45) is 0 Å². The van der Waals surface area contributed by atoms with Crippen LogP contribution in [0.1, 0.15) is 0 Å². The number of rotatable bonds is 3. The largest absolute Gasteiger partial charge is 0.467 e. The van der Waals surface area contributed by atoms with Crippen LogP contribution in [0, 0.1) is 11.6 Å². The molecule has 2 aromatic rings. The molecular formula is C10H6ClF2N3O2. The zero-order valence-electron chi connectivity index (χ0n) is 9.02. The maximum absolute atomic E-state index is 12.9. The first-order chi connectivity index (χ1) is 8.56. The maximum atomic E-state index is 12.9. The van der Waals surface area contributed by atoms with Gasteiger partial charge in [0.15, 0.2) is 0 Å². The highest BCUT2D eigenvalue weighted by Crippen LogP contribution is 2.22. The zero-order valence-corrected chi connectivity index (χ0v) is 9.78. The van der Waals surface area contributed by atoms with E-state index in [1.165, 1.54) is 7.11 Å². The second-order valence-electron chi connectivity index (χ2n) is 3.08. The van der Waals surface area contributed by atoms with E-state index in [0.29, 0.717) is 6.07 Å². The van der Waals surface area contributed by atoms with E-state index in [1.807, 2.05) is 0 Å². The molecule has 0 amide bonds. The van der Waals surface area contributed by atoms with Crippen LogP contribution in [-0.4, -0.2) is 22.1 Å². The van der Waals surface area contributed by atoms with Crippen LogP contribution in [0.3, 0.4) is 0 Å². The van der Waals surface area contributed by atoms with Gasteiger partial charge in [-0.05, 0) is 11.6 Å². The van der Waals surface area contributed by atoms with Gasteiger partial charge in [0.05, 0.1) is 7.11 Å². The number of methoxy groups -OCH3 is 1. The molecule has 0 aliphatic heterocycles. The van der Waals surface area contributed by atoms with Crippen molar-refractivity contribution in [1.29, 1.82) is 0 Å². The van der Waals surface area contributed by atoms with Gasteiger partial charge in [0, 0.05) is 18.2 Å². The molecular weight excluding hydrogens is 268 g/mol. The van der Waals surface area contributed by atoms with E-state index in [4.69, 9.17) is 21.1 Å². The Bertz CT molecular complexity index is 563. The molecule has 0 saturated heterocycles. The molecule has 0 radical (unpaired) electrons. The lowest BCUT2D eigenvalue weighted by Crippen LogP contribution is -1.99. The van der Waals surface area contributed by atoms with Crippen LogP contribution in [0.4, 0.5) is 8.78 Å². The summed E-state index contributed by atoms with van der Waals surface area (Å²) in [5, 5.41) is -0.159. The Hall–Kier alpha value is -2.02. The average Bonchev–Trinajstić information content (AvgIpc) is 2.26. The molecule has 0 N–H and O–H groups in total. The first-order valence-electron chi connectivity index (χ1n) is 4.66. The zero-order chi connectivity index (χ0) is 13.1. The summed E-state index contributed by atoms with van der Waals surface area (Å²) in [5.74, 6) is -1.66. The van der Waals surface area contributed by atoms with Crippen molar-refractivity contribution in [3.8, 4) is 17.8 Å². The molecule has 1 aromatic heterocycles. The van der Waals surface area contributed by atoms with Crippen LogP contribution in [0.5, 0.6) is 17.8 Å². The van der Waals surface area contributed by atoms with Crippen molar-refractivity contribution in [3.05, 3.63) is 35.1 Å². The molecule has 1 heterocycles. The monoisotopic (exact) mass is 273 g/mol. The molecule has 0 fully saturated rings. The van der Waals surface area contributed by atoms with Crippen LogP contribution in [-0.2, 0) is 0 Å². The Balaban J connectivity index is 2.30. The highest BCUT2D eigenvalue weighted by atomic mass is 35.5. The minimum Gasteiger partial charge on any atom is -0.467 e. The number of hydrogen-bond acceptors (Lipinski definition) is 5. The molecule has 0 aliphatic carbocycles. The van der Waals surface area contributed by atoms with Crippen molar-refractivity contribution in [2.45, 2.75) is 0 Å². The normalized spacial score (nSPS) is 10.2. The topological polar surface area (TPSA) is 57.1 Å². The molecule has 0 aliphatic rings. The Morgan fingerprint density at radius 2 is 1.61 bits per heavy atom. The second-order valence-corrected chi connectivity index (χ2v) is 3.42. The Morgan fingerprint density at radius 1 is 1.00 bits per heavy atom. The minimum atomic E-state index is -0.780. The lowest BCUT2D eigenvalue weighted by molar-refractivity contribution is 0.358. The van der Waals surface area contributed by atoms with Gasteiger partial charge < -0.3 is 9.47 Å². The fourth-order valence-corrected chi connectivity index (χ4v) is 1.29. The van der Waals surface area contributed by atoms with Gasteiger partial charge in [0.2, 0.25) is 5.28 Å². The SMILES string of the molecule is COc1nc(Cl)nc(Oc2cc(F)cc(F)c2)n1. The van der Waals surface area contributed by atoms with E-state index in [1.54, 1.807) is 0 Å². The van der Waals surface area contributed by atoms with Gasteiger partial charge in [-0.25, -0.2) is 8.78 Å². The average molecular weight is 274 g/mol. The van der Waals surface area contributed by atoms with Gasteiger partial charge in [0.1, 0.15) is 17.4 Å². The highest BCUT2D eigenvalue weighted by Gasteiger charge is 2.09. The van der Waals surface area contributed by atoms with E-state index in [-0.39, 0.29) is 23.1 Å². The van der Waals surface area contributed by atoms with Gasteiger partial charge in [-0.15, -0.1) is 4.98 Å².